The molecular formula is C126H84N6. The van der Waals surface area contributed by atoms with Gasteiger partial charge in [-0.3, -0.25) is 0 Å². The van der Waals surface area contributed by atoms with Gasteiger partial charge in [0, 0.05) is 98.8 Å². The summed E-state index contributed by atoms with van der Waals surface area (Å²) >= 11 is 0. The van der Waals surface area contributed by atoms with Crippen molar-refractivity contribution < 1.29 is 0 Å². The Kier molecular flexibility index (Phi) is 18.8. The van der Waals surface area contributed by atoms with Crippen molar-refractivity contribution >= 4 is 131 Å². The van der Waals surface area contributed by atoms with E-state index in [1.165, 1.54) is 232 Å². The minimum absolute atomic E-state index is 1.17. The van der Waals surface area contributed by atoms with Crippen LogP contribution in [0.3, 0.4) is 0 Å². The van der Waals surface area contributed by atoms with Crippen LogP contribution in [0.1, 0.15) is 0 Å². The zero-order valence-electron chi connectivity index (χ0n) is 72.2. The number of hydrogen-bond donors (Lipinski definition) is 0. The molecule has 0 saturated carbocycles. The lowest BCUT2D eigenvalue weighted by atomic mass is 9.97. The van der Waals surface area contributed by atoms with E-state index in [0.717, 1.165) is 0 Å². The average Bonchev–Trinajstić information content (AvgIpc) is 1.63. The molecular weight excluding hydrogens is 1600 g/mol. The summed E-state index contributed by atoms with van der Waals surface area (Å²) in [6.07, 6.45) is 0. The Bertz CT molecular complexity index is 8690. The van der Waals surface area contributed by atoms with E-state index < -0.39 is 0 Å². The molecule has 0 N–H and O–H groups in total. The molecule has 27 rings (SSSR count). The van der Waals surface area contributed by atoms with Crippen LogP contribution in [0.2, 0.25) is 0 Å². The van der Waals surface area contributed by atoms with Gasteiger partial charge in [-0.2, -0.15) is 0 Å². The third-order valence-electron chi connectivity index (χ3n) is 26.7. The van der Waals surface area contributed by atoms with Gasteiger partial charge in [-0.05, 0) is 237 Å². The van der Waals surface area contributed by atoms with Crippen LogP contribution in [-0.2, 0) is 0 Å². The highest BCUT2D eigenvalue weighted by Crippen LogP contribution is 2.44. The molecule has 618 valence electrons. The lowest BCUT2D eigenvalue weighted by molar-refractivity contribution is 1.18. The van der Waals surface area contributed by atoms with Gasteiger partial charge in [0.15, 0.2) is 0 Å². The SMILES string of the molecule is c1ccc(-n2c3ccccc3c3cc(-c4cccc(-c5ccc6c7ccccc7n(-c7ccccc7)c6c5)c4)ccc32)cc1.c1ccc(-n2c3ccccc3c3ccc(-c4cccc(-c5cccc(-n6c7ccccc7c7ccccc76)c5)c4)cc32)cc1.c1ccc(-n2c3ccccc3c3ccc(-c4cccc(-c5cccc(-n6c7ccccc7c7ccccc76)c5)c4)cc32)cc1. The minimum atomic E-state index is 1.17. The van der Waals surface area contributed by atoms with Gasteiger partial charge in [-0.25, -0.2) is 0 Å². The van der Waals surface area contributed by atoms with Crippen LogP contribution in [0.5, 0.6) is 0 Å². The third kappa shape index (κ3) is 13.3. The summed E-state index contributed by atoms with van der Waals surface area (Å²) in [6, 6.07) is 184. The second kappa shape index (κ2) is 32.4. The lowest BCUT2D eigenvalue weighted by Crippen LogP contribution is -1.94. The molecule has 0 saturated heterocycles. The van der Waals surface area contributed by atoms with Gasteiger partial charge in [0.2, 0.25) is 0 Å². The molecule has 0 amide bonds. The quantitative estimate of drug-likeness (QED) is 0.117. The number of para-hydroxylation sites is 12. The molecule has 6 aromatic heterocycles. The normalized spacial score (nSPS) is 11.6. The molecule has 132 heavy (non-hydrogen) atoms. The summed E-state index contributed by atoms with van der Waals surface area (Å²) < 4.78 is 14.3. The van der Waals surface area contributed by atoms with E-state index in [4.69, 9.17) is 0 Å². The highest BCUT2D eigenvalue weighted by atomic mass is 15.0. The fourth-order valence-corrected chi connectivity index (χ4v) is 20.7. The molecule has 0 fully saturated rings. The summed E-state index contributed by atoms with van der Waals surface area (Å²) in [7, 11) is 0. The molecule has 0 unspecified atom stereocenters. The molecule has 6 heteroatoms. The summed E-state index contributed by atoms with van der Waals surface area (Å²) in [5.41, 5.74) is 36.2. The van der Waals surface area contributed by atoms with E-state index in [2.05, 4.69) is 537 Å². The zero-order chi connectivity index (χ0) is 87.1. The van der Waals surface area contributed by atoms with Crippen LogP contribution in [0.4, 0.5) is 0 Å². The maximum absolute atomic E-state index is 2.38. The molecule has 6 heterocycles. The van der Waals surface area contributed by atoms with Crippen LogP contribution >= 0.6 is 0 Å². The summed E-state index contributed by atoms with van der Waals surface area (Å²) in [5, 5.41) is 15.3. The smallest absolute Gasteiger partial charge is 0.0547 e. The first-order valence-corrected chi connectivity index (χ1v) is 45.3. The molecule has 6 nitrogen and oxygen atoms in total. The maximum Gasteiger partial charge on any atom is 0.0547 e. The van der Waals surface area contributed by atoms with E-state index in [9.17, 15) is 0 Å². The van der Waals surface area contributed by atoms with Gasteiger partial charge in [0.25, 0.3) is 0 Å². The number of fused-ring (bicyclic) bond motifs is 18. The van der Waals surface area contributed by atoms with Crippen LogP contribution in [0, 0.1) is 0 Å². The van der Waals surface area contributed by atoms with E-state index in [-0.39, 0.29) is 0 Å². The first-order chi connectivity index (χ1) is 65.5. The first kappa shape index (κ1) is 76.8. The molecule has 0 radical (unpaired) electrons. The van der Waals surface area contributed by atoms with Crippen molar-refractivity contribution in [2.75, 3.05) is 0 Å². The van der Waals surface area contributed by atoms with Crippen molar-refractivity contribution in [3.05, 3.63) is 510 Å². The fourth-order valence-electron chi connectivity index (χ4n) is 20.7. The Balaban J connectivity index is 0.000000106. The average molecular weight is 1680 g/mol. The summed E-state index contributed by atoms with van der Waals surface area (Å²) in [5.74, 6) is 0. The topological polar surface area (TPSA) is 29.6 Å². The Morgan fingerprint density at radius 2 is 0.250 bits per heavy atom. The molecule has 0 atom stereocenters. The van der Waals surface area contributed by atoms with Crippen molar-refractivity contribution in [2.45, 2.75) is 0 Å². The standard InChI is InChI=1S/3C42H28N2/c1-3-14-33(15-4-1)43-40-21-10-8-19-36(40)38-27-31(23-25-41(38)43)29-12-11-13-30(26-29)32-22-24-37-35-18-7-9-20-39(35)44(42(37)28-32)34-16-5-2-6-17-34;2*1-2-15-33(16-3-1)43-39-21-7-6-20-37(39)38-25-24-32(28-42(38)43)30-13-10-12-29(26-30)31-14-11-17-34(27-31)44-40-22-8-4-18-35(40)36-19-5-9-23-41(36)44/h3*1-28H. The van der Waals surface area contributed by atoms with Gasteiger partial charge >= 0.3 is 0 Å². The second-order valence-corrected chi connectivity index (χ2v) is 34.3. The predicted octanol–water partition coefficient (Wildman–Crippen LogP) is 33.6. The van der Waals surface area contributed by atoms with E-state index in [0.29, 0.717) is 0 Å². The first-order valence-electron chi connectivity index (χ1n) is 45.3. The number of rotatable bonds is 12. The molecule has 21 aromatic carbocycles. The lowest BCUT2D eigenvalue weighted by Gasteiger charge is -2.12. The zero-order valence-corrected chi connectivity index (χ0v) is 72.2. The van der Waals surface area contributed by atoms with E-state index >= 15 is 0 Å². The molecule has 0 aliphatic rings. The maximum atomic E-state index is 2.38. The number of aromatic nitrogens is 6. The second-order valence-electron chi connectivity index (χ2n) is 34.3. The van der Waals surface area contributed by atoms with Crippen molar-refractivity contribution in [3.63, 3.8) is 0 Å². The molecule has 0 aliphatic heterocycles. The van der Waals surface area contributed by atoms with Crippen molar-refractivity contribution in [2.24, 2.45) is 0 Å². The van der Waals surface area contributed by atoms with E-state index in [1.807, 2.05) is 0 Å². The number of benzene rings is 21. The largest absolute Gasteiger partial charge is 0.309 e. The van der Waals surface area contributed by atoms with Crippen LogP contribution in [0.15, 0.2) is 510 Å². The monoisotopic (exact) mass is 1680 g/mol. The predicted molar refractivity (Wildman–Crippen MR) is 558 cm³/mol. The molecule has 0 bridgehead atoms. The van der Waals surface area contributed by atoms with Crippen molar-refractivity contribution in [3.8, 4) is 101 Å². The fraction of sp³-hybridized carbons (Fsp3) is 0. The Labute approximate surface area is 763 Å². The van der Waals surface area contributed by atoms with Gasteiger partial charge in [0.05, 0.1) is 66.2 Å². The van der Waals surface area contributed by atoms with Gasteiger partial charge in [0.1, 0.15) is 0 Å². The Hall–Kier alpha value is -17.6. The van der Waals surface area contributed by atoms with Crippen molar-refractivity contribution in [1.82, 2.24) is 27.4 Å². The van der Waals surface area contributed by atoms with Gasteiger partial charge < -0.3 is 27.4 Å². The molecule has 0 aliphatic carbocycles. The molecule has 0 spiro atoms. The van der Waals surface area contributed by atoms with Crippen molar-refractivity contribution in [1.29, 1.82) is 0 Å². The van der Waals surface area contributed by atoms with Gasteiger partial charge in [-0.15, -0.1) is 0 Å². The minimum Gasteiger partial charge on any atom is -0.309 e. The molecule has 27 aromatic rings. The van der Waals surface area contributed by atoms with Crippen LogP contribution in [0.25, 0.3) is 232 Å². The summed E-state index contributed by atoms with van der Waals surface area (Å²) in [4.78, 5) is 0. The highest BCUT2D eigenvalue weighted by Gasteiger charge is 2.22. The number of hydrogen-bond acceptors (Lipinski definition) is 0. The Morgan fingerprint density at radius 3 is 0.515 bits per heavy atom. The van der Waals surface area contributed by atoms with Crippen LogP contribution in [-0.4, -0.2) is 27.4 Å². The third-order valence-corrected chi connectivity index (χ3v) is 26.7. The Morgan fingerprint density at radius 1 is 0.0833 bits per heavy atom. The van der Waals surface area contributed by atoms with Crippen LogP contribution < -0.4 is 0 Å². The summed E-state index contributed by atoms with van der Waals surface area (Å²) in [6.45, 7) is 0. The van der Waals surface area contributed by atoms with Gasteiger partial charge in [-0.1, -0.05) is 340 Å². The highest BCUT2D eigenvalue weighted by molar-refractivity contribution is 6.16. The van der Waals surface area contributed by atoms with E-state index in [1.54, 1.807) is 0 Å². The number of nitrogens with zero attached hydrogens (tertiary/aromatic N) is 6.